The van der Waals surface area contributed by atoms with Gasteiger partial charge in [0.25, 0.3) is 0 Å². The fourth-order valence-electron chi connectivity index (χ4n) is 2.01. The third-order valence-corrected chi connectivity index (χ3v) is 3.40. The van der Waals surface area contributed by atoms with Gasteiger partial charge in [0.05, 0.1) is 0 Å². The molecule has 1 saturated carbocycles. The van der Waals surface area contributed by atoms with Crippen molar-refractivity contribution in [2.24, 2.45) is 17.4 Å². The number of hydrogen-bond donors (Lipinski definition) is 3. The molecule has 4 nitrogen and oxygen atoms in total. The van der Waals surface area contributed by atoms with Crippen LogP contribution in [-0.2, 0) is 4.79 Å². The van der Waals surface area contributed by atoms with E-state index in [0.717, 1.165) is 5.56 Å². The first-order chi connectivity index (χ1) is 8.66. The van der Waals surface area contributed by atoms with Crippen LogP contribution in [-0.4, -0.2) is 18.5 Å². The summed E-state index contributed by atoms with van der Waals surface area (Å²) in [6.45, 7) is 0.561. The SMILES string of the molecule is NC(CC(=O)NCC(N)C1CC1)c1ccccc1. The predicted octanol–water partition coefficient (Wildman–Crippen LogP) is 0.930. The van der Waals surface area contributed by atoms with Crippen molar-refractivity contribution in [3.05, 3.63) is 35.9 Å². The molecule has 2 atom stereocenters. The molecule has 98 valence electrons. The summed E-state index contributed by atoms with van der Waals surface area (Å²) in [5.41, 5.74) is 12.9. The second-order valence-corrected chi connectivity index (χ2v) is 5.03. The van der Waals surface area contributed by atoms with Crippen LogP contribution in [0.3, 0.4) is 0 Å². The van der Waals surface area contributed by atoms with E-state index in [1.807, 2.05) is 30.3 Å². The van der Waals surface area contributed by atoms with Gasteiger partial charge < -0.3 is 16.8 Å². The van der Waals surface area contributed by atoms with Gasteiger partial charge in [-0.05, 0) is 24.3 Å². The van der Waals surface area contributed by atoms with Crippen molar-refractivity contribution in [2.75, 3.05) is 6.54 Å². The normalized spacial score (nSPS) is 18.1. The number of carbonyl (C=O) groups excluding carboxylic acids is 1. The third-order valence-electron chi connectivity index (χ3n) is 3.40. The number of nitrogens with two attached hydrogens (primary N) is 2. The van der Waals surface area contributed by atoms with Gasteiger partial charge in [0.2, 0.25) is 5.91 Å². The lowest BCUT2D eigenvalue weighted by molar-refractivity contribution is -0.121. The number of carbonyl (C=O) groups is 1. The van der Waals surface area contributed by atoms with Gasteiger partial charge in [0, 0.05) is 25.0 Å². The molecular formula is C14H21N3O. The molecule has 1 aromatic rings. The first-order valence-electron chi connectivity index (χ1n) is 6.49. The minimum absolute atomic E-state index is 0.0255. The van der Waals surface area contributed by atoms with Crippen LogP contribution in [0.25, 0.3) is 0 Å². The van der Waals surface area contributed by atoms with Crippen LogP contribution in [0, 0.1) is 5.92 Å². The lowest BCUT2D eigenvalue weighted by atomic mass is 10.0. The van der Waals surface area contributed by atoms with E-state index in [4.69, 9.17) is 11.5 Å². The van der Waals surface area contributed by atoms with Gasteiger partial charge >= 0.3 is 0 Å². The van der Waals surface area contributed by atoms with Gasteiger partial charge in [0.1, 0.15) is 0 Å². The fraction of sp³-hybridized carbons (Fsp3) is 0.500. The Morgan fingerprint density at radius 1 is 1.28 bits per heavy atom. The molecule has 1 aliphatic carbocycles. The number of nitrogens with one attached hydrogen (secondary N) is 1. The molecule has 0 heterocycles. The Kier molecular flexibility index (Phi) is 4.33. The maximum atomic E-state index is 11.7. The summed E-state index contributed by atoms with van der Waals surface area (Å²) < 4.78 is 0. The summed E-state index contributed by atoms with van der Waals surface area (Å²) in [4.78, 5) is 11.7. The summed E-state index contributed by atoms with van der Waals surface area (Å²) in [6.07, 6.45) is 2.70. The van der Waals surface area contributed by atoms with Crippen molar-refractivity contribution in [1.29, 1.82) is 0 Å². The summed E-state index contributed by atoms with van der Waals surface area (Å²) in [5.74, 6) is 0.579. The van der Waals surface area contributed by atoms with Crippen LogP contribution >= 0.6 is 0 Å². The van der Waals surface area contributed by atoms with Crippen molar-refractivity contribution in [2.45, 2.75) is 31.3 Å². The standard InChI is InChI=1S/C14H21N3O/c15-12(10-4-2-1-3-5-10)8-14(18)17-9-13(16)11-6-7-11/h1-5,11-13H,6-9,15-16H2,(H,17,18). The highest BCUT2D eigenvalue weighted by molar-refractivity contribution is 5.76. The smallest absolute Gasteiger partial charge is 0.221 e. The van der Waals surface area contributed by atoms with Crippen LogP contribution in [0.5, 0.6) is 0 Å². The first-order valence-corrected chi connectivity index (χ1v) is 6.49. The van der Waals surface area contributed by atoms with E-state index >= 15 is 0 Å². The molecule has 5 N–H and O–H groups in total. The van der Waals surface area contributed by atoms with E-state index in [2.05, 4.69) is 5.32 Å². The van der Waals surface area contributed by atoms with E-state index in [9.17, 15) is 4.79 Å². The molecule has 2 rings (SSSR count). The largest absolute Gasteiger partial charge is 0.354 e. The first kappa shape index (κ1) is 13.1. The average molecular weight is 247 g/mol. The Balaban J connectivity index is 1.73. The summed E-state index contributed by atoms with van der Waals surface area (Å²) in [7, 11) is 0. The number of benzene rings is 1. The van der Waals surface area contributed by atoms with Crippen molar-refractivity contribution in [3.8, 4) is 0 Å². The van der Waals surface area contributed by atoms with Gasteiger partial charge in [-0.2, -0.15) is 0 Å². The highest BCUT2D eigenvalue weighted by atomic mass is 16.1. The van der Waals surface area contributed by atoms with Crippen molar-refractivity contribution in [3.63, 3.8) is 0 Å². The Bertz CT molecular complexity index is 389. The van der Waals surface area contributed by atoms with E-state index < -0.39 is 0 Å². The second kappa shape index (κ2) is 5.98. The molecule has 0 aromatic heterocycles. The Hall–Kier alpha value is -1.39. The topological polar surface area (TPSA) is 81.1 Å². The Morgan fingerprint density at radius 2 is 1.94 bits per heavy atom. The highest BCUT2D eigenvalue weighted by Crippen LogP contribution is 2.31. The van der Waals surface area contributed by atoms with E-state index in [0.29, 0.717) is 18.9 Å². The Labute approximate surface area is 108 Å². The molecule has 1 aromatic carbocycles. The van der Waals surface area contributed by atoms with Crippen LogP contribution < -0.4 is 16.8 Å². The highest BCUT2D eigenvalue weighted by Gasteiger charge is 2.28. The zero-order valence-corrected chi connectivity index (χ0v) is 10.5. The van der Waals surface area contributed by atoms with Crippen LogP contribution in [0.2, 0.25) is 0 Å². The monoisotopic (exact) mass is 247 g/mol. The van der Waals surface area contributed by atoms with Crippen molar-refractivity contribution >= 4 is 5.91 Å². The van der Waals surface area contributed by atoms with Gasteiger partial charge in [-0.3, -0.25) is 4.79 Å². The van der Waals surface area contributed by atoms with E-state index in [1.54, 1.807) is 0 Å². The molecular weight excluding hydrogens is 226 g/mol. The fourth-order valence-corrected chi connectivity index (χ4v) is 2.01. The molecule has 18 heavy (non-hydrogen) atoms. The zero-order valence-electron chi connectivity index (χ0n) is 10.5. The number of amides is 1. The van der Waals surface area contributed by atoms with Gasteiger partial charge in [-0.15, -0.1) is 0 Å². The lowest BCUT2D eigenvalue weighted by Crippen LogP contribution is -2.39. The maximum absolute atomic E-state index is 11.7. The molecule has 0 spiro atoms. The molecule has 0 saturated heterocycles. The lowest BCUT2D eigenvalue weighted by Gasteiger charge is -2.14. The summed E-state index contributed by atoms with van der Waals surface area (Å²) in [5, 5.41) is 2.86. The number of hydrogen-bond acceptors (Lipinski definition) is 3. The molecule has 0 aliphatic heterocycles. The van der Waals surface area contributed by atoms with Crippen molar-refractivity contribution < 1.29 is 4.79 Å². The van der Waals surface area contributed by atoms with E-state index in [-0.39, 0.29) is 18.0 Å². The van der Waals surface area contributed by atoms with Gasteiger partial charge in [-0.25, -0.2) is 0 Å². The van der Waals surface area contributed by atoms with E-state index in [1.165, 1.54) is 12.8 Å². The third kappa shape index (κ3) is 3.82. The molecule has 1 fully saturated rings. The maximum Gasteiger partial charge on any atom is 0.221 e. The molecule has 1 aliphatic rings. The van der Waals surface area contributed by atoms with Gasteiger partial charge in [-0.1, -0.05) is 30.3 Å². The zero-order chi connectivity index (χ0) is 13.0. The number of rotatable bonds is 6. The predicted molar refractivity (Wildman–Crippen MR) is 71.7 cm³/mol. The van der Waals surface area contributed by atoms with Gasteiger partial charge in [0.15, 0.2) is 0 Å². The Morgan fingerprint density at radius 3 is 2.56 bits per heavy atom. The van der Waals surface area contributed by atoms with Crippen LogP contribution in [0.1, 0.15) is 30.9 Å². The minimum Gasteiger partial charge on any atom is -0.354 e. The van der Waals surface area contributed by atoms with Crippen molar-refractivity contribution in [1.82, 2.24) is 5.32 Å². The minimum atomic E-state index is -0.247. The molecule has 0 bridgehead atoms. The average Bonchev–Trinajstić information content (AvgIpc) is 3.21. The summed E-state index contributed by atoms with van der Waals surface area (Å²) in [6, 6.07) is 9.52. The molecule has 1 amide bonds. The molecule has 4 heteroatoms. The molecule has 0 radical (unpaired) electrons. The van der Waals surface area contributed by atoms with Crippen LogP contribution in [0.4, 0.5) is 0 Å². The second-order valence-electron chi connectivity index (χ2n) is 5.03. The quantitative estimate of drug-likeness (QED) is 0.699. The van der Waals surface area contributed by atoms with Crippen LogP contribution in [0.15, 0.2) is 30.3 Å². The summed E-state index contributed by atoms with van der Waals surface area (Å²) >= 11 is 0. The molecule has 2 unspecified atom stereocenters.